The van der Waals surface area contributed by atoms with Crippen LogP contribution in [0.2, 0.25) is 0 Å². The van der Waals surface area contributed by atoms with Crippen LogP contribution in [0.5, 0.6) is 17.2 Å². The van der Waals surface area contributed by atoms with Crippen LogP contribution in [-0.4, -0.2) is 42.4 Å². The Morgan fingerprint density at radius 3 is 2.44 bits per heavy atom. The number of hydrogen-bond donors (Lipinski definition) is 2. The number of anilines is 1. The maximum absolute atomic E-state index is 12.1. The van der Waals surface area contributed by atoms with Gasteiger partial charge in [-0.05, 0) is 18.1 Å². The topological polar surface area (TPSA) is 98.4 Å². The lowest BCUT2D eigenvalue weighted by atomic mass is 10.1. The van der Waals surface area contributed by atoms with Crippen LogP contribution in [-0.2, 0) is 11.2 Å². The predicted octanol–water partition coefficient (Wildman–Crippen LogP) is 2.53. The number of amides is 1. The van der Waals surface area contributed by atoms with Crippen molar-refractivity contribution in [3.8, 4) is 17.2 Å². The van der Waals surface area contributed by atoms with Gasteiger partial charge in [0.05, 0.1) is 21.3 Å². The van der Waals surface area contributed by atoms with Crippen molar-refractivity contribution in [1.29, 1.82) is 0 Å². The summed E-state index contributed by atoms with van der Waals surface area (Å²) in [6.07, 6.45) is 0.744. The first-order chi connectivity index (χ1) is 12.0. The lowest BCUT2D eigenvalue weighted by Gasteiger charge is -2.15. The zero-order chi connectivity index (χ0) is 18.4. The second kappa shape index (κ2) is 8.36. The smallest absolute Gasteiger partial charge is 0.248 e. The molecule has 2 N–H and O–H groups in total. The lowest BCUT2D eigenvalue weighted by Crippen LogP contribution is -2.14. The third kappa shape index (κ3) is 4.40. The third-order valence-electron chi connectivity index (χ3n) is 3.71. The van der Waals surface area contributed by atoms with E-state index in [-0.39, 0.29) is 24.2 Å². The molecule has 0 unspecified atom stereocenters. The van der Waals surface area contributed by atoms with Crippen molar-refractivity contribution >= 4 is 11.9 Å². The summed E-state index contributed by atoms with van der Waals surface area (Å²) in [5, 5.41) is 9.48. The quantitative estimate of drug-likeness (QED) is 0.761. The van der Waals surface area contributed by atoms with Gasteiger partial charge in [-0.15, -0.1) is 5.10 Å². The average molecular weight is 348 g/mol. The molecular weight excluding hydrogens is 324 g/mol. The summed E-state index contributed by atoms with van der Waals surface area (Å²) >= 11 is 0. The van der Waals surface area contributed by atoms with Gasteiger partial charge < -0.3 is 14.2 Å². The zero-order valence-corrected chi connectivity index (χ0v) is 15.2. The highest BCUT2D eigenvalue weighted by Gasteiger charge is 2.17. The van der Waals surface area contributed by atoms with Gasteiger partial charge in [-0.2, -0.15) is 4.98 Å². The van der Waals surface area contributed by atoms with E-state index in [0.29, 0.717) is 23.7 Å². The van der Waals surface area contributed by atoms with Gasteiger partial charge >= 0.3 is 0 Å². The monoisotopic (exact) mass is 348 g/mol. The Hall–Kier alpha value is -2.77. The molecule has 1 heterocycles. The van der Waals surface area contributed by atoms with E-state index < -0.39 is 0 Å². The summed E-state index contributed by atoms with van der Waals surface area (Å²) in [5.74, 6) is 2.72. The van der Waals surface area contributed by atoms with Gasteiger partial charge in [0.25, 0.3) is 0 Å². The highest BCUT2D eigenvalue weighted by Crippen LogP contribution is 2.40. The number of H-pyrrole nitrogens is 1. The summed E-state index contributed by atoms with van der Waals surface area (Å²) in [5.41, 5.74) is 0.855. The summed E-state index contributed by atoms with van der Waals surface area (Å²) in [7, 11) is 4.67. The molecule has 0 atom stereocenters. The molecule has 8 heteroatoms. The van der Waals surface area contributed by atoms with Crippen molar-refractivity contribution in [1.82, 2.24) is 15.2 Å². The maximum Gasteiger partial charge on any atom is 0.248 e. The van der Waals surface area contributed by atoms with Gasteiger partial charge in [0.2, 0.25) is 17.6 Å². The van der Waals surface area contributed by atoms with Gasteiger partial charge in [-0.1, -0.05) is 19.9 Å². The summed E-state index contributed by atoms with van der Waals surface area (Å²) in [6, 6.07) is 3.65. The largest absolute Gasteiger partial charge is 0.493 e. The molecule has 2 aromatic rings. The highest BCUT2D eigenvalue weighted by molar-refractivity contribution is 5.89. The predicted molar refractivity (Wildman–Crippen MR) is 93.5 cm³/mol. The van der Waals surface area contributed by atoms with Crippen molar-refractivity contribution in [3.05, 3.63) is 23.5 Å². The van der Waals surface area contributed by atoms with Crippen molar-refractivity contribution in [3.63, 3.8) is 0 Å². The maximum atomic E-state index is 12.1. The number of ether oxygens (including phenoxy) is 3. The molecular formula is C17H24N4O4. The number of nitrogens with zero attached hydrogens (tertiary/aromatic N) is 2. The fourth-order valence-corrected chi connectivity index (χ4v) is 2.38. The first-order valence-electron chi connectivity index (χ1n) is 8.00. The Labute approximate surface area is 146 Å². The Bertz CT molecular complexity index is 727. The fourth-order valence-electron chi connectivity index (χ4n) is 2.38. The molecule has 2 rings (SSSR count). The van der Waals surface area contributed by atoms with E-state index in [4.69, 9.17) is 14.2 Å². The minimum absolute atomic E-state index is 0.175. The molecule has 0 saturated heterocycles. The molecule has 0 bridgehead atoms. The highest BCUT2D eigenvalue weighted by atomic mass is 16.5. The van der Waals surface area contributed by atoms with E-state index in [1.807, 2.05) is 19.9 Å². The number of nitrogens with one attached hydrogen (secondary N) is 2. The van der Waals surface area contributed by atoms with E-state index in [1.54, 1.807) is 27.4 Å². The second-order valence-electron chi connectivity index (χ2n) is 5.74. The van der Waals surface area contributed by atoms with Crippen LogP contribution in [0.4, 0.5) is 5.95 Å². The summed E-state index contributed by atoms with van der Waals surface area (Å²) < 4.78 is 16.0. The van der Waals surface area contributed by atoms with Gasteiger partial charge in [-0.25, -0.2) is 0 Å². The minimum atomic E-state index is -0.175. The Morgan fingerprint density at radius 1 is 1.16 bits per heavy atom. The third-order valence-corrected chi connectivity index (χ3v) is 3.71. The summed E-state index contributed by atoms with van der Waals surface area (Å²) in [4.78, 5) is 16.4. The van der Waals surface area contributed by atoms with Gasteiger partial charge in [0.1, 0.15) is 5.82 Å². The van der Waals surface area contributed by atoms with E-state index >= 15 is 0 Å². The van der Waals surface area contributed by atoms with E-state index in [2.05, 4.69) is 20.5 Å². The molecule has 25 heavy (non-hydrogen) atoms. The Kier molecular flexibility index (Phi) is 6.21. The molecule has 0 fully saturated rings. The lowest BCUT2D eigenvalue weighted by molar-refractivity contribution is -0.116. The molecule has 0 aliphatic heterocycles. The number of benzene rings is 1. The molecule has 0 spiro atoms. The molecule has 136 valence electrons. The zero-order valence-electron chi connectivity index (χ0n) is 15.2. The van der Waals surface area contributed by atoms with Crippen LogP contribution < -0.4 is 19.5 Å². The average Bonchev–Trinajstić information content (AvgIpc) is 3.07. The first kappa shape index (κ1) is 18.6. The molecule has 0 aliphatic rings. The SMILES string of the molecule is COc1ccc(CCC(=O)Nc2n[nH]c(C(C)C)n2)c(OC)c1OC. The Balaban J connectivity index is 2.03. The van der Waals surface area contributed by atoms with Crippen LogP contribution in [0.1, 0.15) is 37.6 Å². The van der Waals surface area contributed by atoms with E-state index in [1.165, 1.54) is 0 Å². The van der Waals surface area contributed by atoms with Crippen molar-refractivity contribution in [2.75, 3.05) is 26.6 Å². The number of aromatic nitrogens is 3. The van der Waals surface area contributed by atoms with Gasteiger partial charge in [0, 0.05) is 12.3 Å². The number of hydrogen-bond acceptors (Lipinski definition) is 6. The number of methoxy groups -OCH3 is 3. The van der Waals surface area contributed by atoms with E-state index in [9.17, 15) is 4.79 Å². The fraction of sp³-hybridized carbons (Fsp3) is 0.471. The Morgan fingerprint density at radius 2 is 1.88 bits per heavy atom. The van der Waals surface area contributed by atoms with Gasteiger partial charge in [0.15, 0.2) is 11.5 Å². The van der Waals surface area contributed by atoms with Crippen LogP contribution in [0.15, 0.2) is 12.1 Å². The molecule has 1 amide bonds. The second-order valence-corrected chi connectivity index (χ2v) is 5.74. The van der Waals surface area contributed by atoms with Crippen LogP contribution in [0, 0.1) is 0 Å². The molecule has 1 aromatic heterocycles. The number of aryl methyl sites for hydroxylation is 1. The van der Waals surface area contributed by atoms with Crippen molar-refractivity contribution in [2.45, 2.75) is 32.6 Å². The van der Waals surface area contributed by atoms with Crippen LogP contribution in [0.25, 0.3) is 0 Å². The molecule has 0 aliphatic carbocycles. The number of aromatic amines is 1. The number of carbonyl (C=O) groups is 1. The van der Waals surface area contributed by atoms with Gasteiger partial charge in [-0.3, -0.25) is 15.2 Å². The molecule has 8 nitrogen and oxygen atoms in total. The number of carbonyl (C=O) groups excluding carboxylic acids is 1. The van der Waals surface area contributed by atoms with Crippen LogP contribution >= 0.6 is 0 Å². The van der Waals surface area contributed by atoms with E-state index in [0.717, 1.165) is 11.4 Å². The first-order valence-corrected chi connectivity index (χ1v) is 8.00. The molecule has 0 radical (unpaired) electrons. The minimum Gasteiger partial charge on any atom is -0.493 e. The van der Waals surface area contributed by atoms with Crippen LogP contribution in [0.3, 0.4) is 0 Å². The normalized spacial score (nSPS) is 10.6. The number of rotatable bonds is 8. The molecule has 1 aromatic carbocycles. The summed E-state index contributed by atoms with van der Waals surface area (Å²) in [6.45, 7) is 3.99. The standard InChI is InChI=1S/C17H24N4O4/c1-10(2)16-19-17(21-20-16)18-13(22)9-7-11-6-8-12(23-3)15(25-5)14(11)24-4/h6,8,10H,7,9H2,1-5H3,(H2,18,19,20,21,22). The van der Waals surface area contributed by atoms with Crippen molar-refractivity contribution < 1.29 is 19.0 Å². The van der Waals surface area contributed by atoms with Crippen molar-refractivity contribution in [2.24, 2.45) is 0 Å². The molecule has 0 saturated carbocycles.